The summed E-state index contributed by atoms with van der Waals surface area (Å²) in [5.41, 5.74) is 4.10. The molecule has 23 heavy (non-hydrogen) atoms. The molecule has 1 aromatic rings. The van der Waals surface area contributed by atoms with Crippen molar-refractivity contribution in [1.29, 1.82) is 0 Å². The summed E-state index contributed by atoms with van der Waals surface area (Å²) < 4.78 is 0. The summed E-state index contributed by atoms with van der Waals surface area (Å²) in [5, 5.41) is 5.89. The Morgan fingerprint density at radius 2 is 2.09 bits per heavy atom. The van der Waals surface area contributed by atoms with Crippen molar-refractivity contribution < 1.29 is 4.79 Å². The molecule has 2 N–H and O–H groups in total. The number of carbonyl (C=O) groups excluding carboxylic acids is 1. The molecule has 128 valence electrons. The lowest BCUT2D eigenvalue weighted by Gasteiger charge is -2.33. The molecule has 2 rings (SSSR count). The minimum atomic E-state index is -0.0497. The standard InChI is InChI=1S/C19H31N3O/c1-14(2)21-19(23)20-11-18-6-5-9-22(13-18)12-17-8-7-15(3)16(4)10-17/h7-8,10,14,18H,5-6,9,11-13H2,1-4H3,(H2,20,21,23)/t18-/m1/s1. The van der Waals surface area contributed by atoms with Gasteiger partial charge in [-0.1, -0.05) is 18.2 Å². The van der Waals surface area contributed by atoms with Gasteiger partial charge >= 0.3 is 6.03 Å². The highest BCUT2D eigenvalue weighted by Gasteiger charge is 2.20. The molecule has 2 amide bonds. The lowest BCUT2D eigenvalue weighted by molar-refractivity contribution is 0.165. The van der Waals surface area contributed by atoms with Gasteiger partial charge in [-0.25, -0.2) is 4.79 Å². The van der Waals surface area contributed by atoms with Crippen LogP contribution in [0.25, 0.3) is 0 Å². The van der Waals surface area contributed by atoms with Crippen LogP contribution in [-0.4, -0.2) is 36.6 Å². The molecular formula is C19H31N3O. The van der Waals surface area contributed by atoms with Gasteiger partial charge < -0.3 is 10.6 Å². The number of nitrogens with zero attached hydrogens (tertiary/aromatic N) is 1. The number of aryl methyl sites for hydroxylation is 2. The number of hydrogen-bond acceptors (Lipinski definition) is 2. The van der Waals surface area contributed by atoms with E-state index in [0.717, 1.165) is 26.2 Å². The maximum Gasteiger partial charge on any atom is 0.314 e. The van der Waals surface area contributed by atoms with E-state index in [-0.39, 0.29) is 12.1 Å². The molecule has 1 aliphatic rings. The Morgan fingerprint density at radius 3 is 2.78 bits per heavy atom. The molecule has 0 spiro atoms. The second kappa shape index (κ2) is 8.34. The van der Waals surface area contributed by atoms with E-state index in [1.807, 2.05) is 13.8 Å². The predicted molar refractivity (Wildman–Crippen MR) is 95.6 cm³/mol. The molecule has 0 bridgehead atoms. The first kappa shape index (κ1) is 17.8. The smallest absolute Gasteiger partial charge is 0.314 e. The quantitative estimate of drug-likeness (QED) is 0.876. The highest BCUT2D eigenvalue weighted by molar-refractivity contribution is 5.74. The van der Waals surface area contributed by atoms with Crippen LogP contribution in [0.1, 0.15) is 43.4 Å². The van der Waals surface area contributed by atoms with Crippen LogP contribution < -0.4 is 10.6 Å². The van der Waals surface area contributed by atoms with Crippen LogP contribution in [0.5, 0.6) is 0 Å². The van der Waals surface area contributed by atoms with Gasteiger partial charge in [-0.3, -0.25) is 4.90 Å². The molecule has 0 radical (unpaired) electrons. The van der Waals surface area contributed by atoms with Crippen molar-refractivity contribution in [2.24, 2.45) is 5.92 Å². The zero-order chi connectivity index (χ0) is 16.8. The van der Waals surface area contributed by atoms with Crippen LogP contribution in [0.15, 0.2) is 18.2 Å². The lowest BCUT2D eigenvalue weighted by atomic mass is 9.97. The number of piperidine rings is 1. The summed E-state index contributed by atoms with van der Waals surface area (Å²) in [6, 6.07) is 6.88. The van der Waals surface area contributed by atoms with E-state index in [9.17, 15) is 4.79 Å². The maximum atomic E-state index is 11.7. The van der Waals surface area contributed by atoms with Crippen molar-refractivity contribution in [2.75, 3.05) is 19.6 Å². The molecule has 0 unspecified atom stereocenters. The third-order valence-electron chi connectivity index (χ3n) is 4.55. The van der Waals surface area contributed by atoms with E-state index in [4.69, 9.17) is 0 Å². The number of amides is 2. The van der Waals surface area contributed by atoms with Gasteiger partial charge in [-0.05, 0) is 69.7 Å². The average molecular weight is 317 g/mol. The van der Waals surface area contributed by atoms with Crippen LogP contribution in [0.3, 0.4) is 0 Å². The Kier molecular flexibility index (Phi) is 6.46. The van der Waals surface area contributed by atoms with Crippen molar-refractivity contribution in [3.05, 3.63) is 34.9 Å². The molecule has 1 atom stereocenters. The van der Waals surface area contributed by atoms with Crippen molar-refractivity contribution in [2.45, 2.75) is 53.1 Å². The largest absolute Gasteiger partial charge is 0.338 e. The fourth-order valence-corrected chi connectivity index (χ4v) is 3.17. The number of urea groups is 1. The van der Waals surface area contributed by atoms with E-state index in [1.165, 1.54) is 29.5 Å². The minimum Gasteiger partial charge on any atom is -0.338 e. The Hall–Kier alpha value is -1.55. The molecule has 0 saturated carbocycles. The zero-order valence-corrected chi connectivity index (χ0v) is 15.0. The second-order valence-corrected chi connectivity index (χ2v) is 7.17. The van der Waals surface area contributed by atoms with Crippen LogP contribution in [-0.2, 0) is 6.54 Å². The molecule has 1 saturated heterocycles. The number of rotatable bonds is 5. The van der Waals surface area contributed by atoms with Gasteiger partial charge in [0.05, 0.1) is 0 Å². The first-order valence-electron chi connectivity index (χ1n) is 8.77. The van der Waals surface area contributed by atoms with E-state index >= 15 is 0 Å². The van der Waals surface area contributed by atoms with Crippen molar-refractivity contribution in [3.8, 4) is 0 Å². The average Bonchev–Trinajstić information content (AvgIpc) is 2.49. The highest BCUT2D eigenvalue weighted by atomic mass is 16.2. The topological polar surface area (TPSA) is 44.4 Å². The SMILES string of the molecule is Cc1ccc(CN2CCC[C@H](CNC(=O)NC(C)C)C2)cc1C. The third kappa shape index (κ3) is 5.87. The highest BCUT2D eigenvalue weighted by Crippen LogP contribution is 2.19. The molecule has 1 aliphatic heterocycles. The van der Waals surface area contributed by atoms with Crippen LogP contribution in [0.4, 0.5) is 4.79 Å². The van der Waals surface area contributed by atoms with Gasteiger partial charge in [0.1, 0.15) is 0 Å². The summed E-state index contributed by atoms with van der Waals surface area (Å²) in [6.07, 6.45) is 2.41. The van der Waals surface area contributed by atoms with Crippen molar-refractivity contribution in [1.82, 2.24) is 15.5 Å². The van der Waals surface area contributed by atoms with Crippen LogP contribution in [0, 0.1) is 19.8 Å². The summed E-state index contributed by atoms with van der Waals surface area (Å²) >= 11 is 0. The van der Waals surface area contributed by atoms with Crippen LogP contribution in [0.2, 0.25) is 0 Å². The maximum absolute atomic E-state index is 11.7. The summed E-state index contributed by atoms with van der Waals surface area (Å²) in [4.78, 5) is 14.2. The number of carbonyl (C=O) groups is 1. The van der Waals surface area contributed by atoms with Gasteiger partial charge in [0.2, 0.25) is 0 Å². The van der Waals surface area contributed by atoms with Gasteiger partial charge in [-0.15, -0.1) is 0 Å². The van der Waals surface area contributed by atoms with Gasteiger partial charge in [-0.2, -0.15) is 0 Å². The molecule has 1 fully saturated rings. The monoisotopic (exact) mass is 317 g/mol. The molecule has 0 aromatic heterocycles. The van der Waals surface area contributed by atoms with E-state index < -0.39 is 0 Å². The summed E-state index contributed by atoms with van der Waals surface area (Å²) in [7, 11) is 0. The fourth-order valence-electron chi connectivity index (χ4n) is 3.17. The van der Waals surface area contributed by atoms with E-state index in [1.54, 1.807) is 0 Å². The molecule has 0 aliphatic carbocycles. The first-order chi connectivity index (χ1) is 10.9. The molecular weight excluding hydrogens is 286 g/mol. The minimum absolute atomic E-state index is 0.0497. The third-order valence-corrected chi connectivity index (χ3v) is 4.55. The van der Waals surface area contributed by atoms with E-state index in [2.05, 4.69) is 47.6 Å². The predicted octanol–water partition coefficient (Wildman–Crippen LogP) is 3.22. The molecule has 1 heterocycles. The van der Waals surface area contributed by atoms with Crippen LogP contribution >= 0.6 is 0 Å². The second-order valence-electron chi connectivity index (χ2n) is 7.17. The fraction of sp³-hybridized carbons (Fsp3) is 0.632. The summed E-state index contributed by atoms with van der Waals surface area (Å²) in [6.45, 7) is 12.3. The Bertz CT molecular complexity index is 527. The number of benzene rings is 1. The molecule has 4 nitrogen and oxygen atoms in total. The Balaban J connectivity index is 1.81. The van der Waals surface area contributed by atoms with Crippen molar-refractivity contribution >= 4 is 6.03 Å². The zero-order valence-electron chi connectivity index (χ0n) is 15.0. The Morgan fingerprint density at radius 1 is 1.30 bits per heavy atom. The van der Waals surface area contributed by atoms with Gasteiger partial charge in [0.25, 0.3) is 0 Å². The van der Waals surface area contributed by atoms with Gasteiger partial charge in [0, 0.05) is 25.7 Å². The first-order valence-corrected chi connectivity index (χ1v) is 8.77. The summed E-state index contributed by atoms with van der Waals surface area (Å²) in [5.74, 6) is 0.549. The Labute approximate surface area is 140 Å². The number of nitrogens with one attached hydrogen (secondary N) is 2. The normalized spacial score (nSPS) is 18.9. The number of likely N-dealkylation sites (tertiary alicyclic amines) is 1. The molecule has 4 heteroatoms. The van der Waals surface area contributed by atoms with Gasteiger partial charge in [0.15, 0.2) is 0 Å². The lowest BCUT2D eigenvalue weighted by Crippen LogP contribution is -2.45. The number of hydrogen-bond donors (Lipinski definition) is 2. The molecule has 1 aromatic carbocycles. The van der Waals surface area contributed by atoms with E-state index in [0.29, 0.717) is 5.92 Å². The van der Waals surface area contributed by atoms with Crippen molar-refractivity contribution in [3.63, 3.8) is 0 Å².